The number of benzene rings is 5. The average molecular weight is 1090 g/mol. The molecule has 0 fully saturated rings. The predicted molar refractivity (Wildman–Crippen MR) is 217 cm³/mol. The Morgan fingerprint density at radius 1 is 0.387 bits per heavy atom. The summed E-state index contributed by atoms with van der Waals surface area (Å²) in [6.07, 6.45) is -38.0. The van der Waals surface area contributed by atoms with E-state index in [2.05, 4.69) is 4.74 Å². The molecule has 0 saturated heterocycles. The molecule has 1 heterocycles. The lowest BCUT2D eigenvalue weighted by atomic mass is 9.71. The molecule has 0 atom stereocenters. The number of esters is 2. The first-order chi connectivity index (χ1) is 34.2. The lowest BCUT2D eigenvalue weighted by Gasteiger charge is -2.38. The van der Waals surface area contributed by atoms with E-state index in [1.165, 1.54) is 0 Å². The van der Waals surface area contributed by atoms with Crippen molar-refractivity contribution in [3.8, 4) is 0 Å². The number of carbonyl (C=O) groups excluding carboxylic acids is 4. The number of aromatic carboxylic acids is 2. The van der Waals surface area contributed by atoms with Crippen molar-refractivity contribution < 1.29 is 123 Å². The highest BCUT2D eigenvalue weighted by atomic mass is 19.4. The first-order valence-electron chi connectivity index (χ1n) is 20.1. The second-order valence-electron chi connectivity index (χ2n) is 16.2. The molecule has 0 radical (unpaired) electrons. The molecule has 29 heteroatoms. The number of carboxylic acids is 2. The topological polar surface area (TPSA) is 176 Å². The minimum absolute atomic E-state index is 0.00655. The summed E-state index contributed by atoms with van der Waals surface area (Å²) < 4.78 is 268. The van der Waals surface area contributed by atoms with Crippen LogP contribution in [-0.2, 0) is 21.0 Å². The van der Waals surface area contributed by atoms with Crippen LogP contribution in [0.3, 0.4) is 0 Å². The first kappa shape index (κ1) is 56.2. The number of amides is 2. The van der Waals surface area contributed by atoms with Crippen molar-refractivity contribution >= 4 is 47.1 Å². The second-order valence-corrected chi connectivity index (χ2v) is 16.2. The Morgan fingerprint density at radius 3 is 1.05 bits per heavy atom. The number of carboxylic acid groups (broad SMARTS) is 2. The van der Waals surface area contributed by atoms with E-state index in [0.717, 1.165) is 0 Å². The molecule has 11 nitrogen and oxygen atoms in total. The normalized spacial score (nSPS) is 14.0. The molecule has 5 aromatic rings. The number of hydrogen-bond acceptors (Lipinski definition) is 7. The zero-order chi connectivity index (χ0) is 56.6. The molecule has 0 saturated carbocycles. The molecule has 0 unspecified atom stereocenters. The quantitative estimate of drug-likeness (QED) is 0.0570. The number of alkyl halides is 18. The number of cyclic esters (lactones) is 2. The number of rotatable bonds is 11. The van der Waals surface area contributed by atoms with E-state index in [-0.39, 0.29) is 79.7 Å². The van der Waals surface area contributed by atoms with Gasteiger partial charge in [-0.25, -0.2) is 19.2 Å². The standard InChI is InChI=1S/C46H24F18N2O9/c1-38(41(47,48)49,42(50,51)52)21-6-13-26(34(69)70)29(16-21)32(67)65-24-9-2-19(3-10-24)39(43(53,54)55,44(56,57)58)20-4-11-25(12-5-20)66-33(68)30-17-22(7-14-27(30)35(71)72)40(45(59,60)61,46(62,63)64)23-8-15-28-31(18-23)37(74)75-36(28)73/h2-18H,1H3,(H,65,67)(H,66,68)(H,69,70)(H,71,72). The van der Waals surface area contributed by atoms with E-state index in [4.69, 9.17) is 0 Å². The fourth-order valence-electron chi connectivity index (χ4n) is 8.16. The maximum Gasteiger partial charge on any atom is 0.411 e. The van der Waals surface area contributed by atoms with Gasteiger partial charge in [-0.05, 0) is 95.4 Å². The Morgan fingerprint density at radius 2 is 0.693 bits per heavy atom. The number of anilines is 2. The molecule has 0 spiro atoms. The van der Waals surface area contributed by atoms with Crippen LogP contribution in [0.1, 0.15) is 96.9 Å². The summed E-state index contributed by atoms with van der Waals surface area (Å²) in [6, 6.07) is 2.41. The van der Waals surface area contributed by atoms with Crippen LogP contribution in [0.25, 0.3) is 0 Å². The zero-order valence-electron chi connectivity index (χ0n) is 36.4. The fourth-order valence-corrected chi connectivity index (χ4v) is 8.16. The van der Waals surface area contributed by atoms with Gasteiger partial charge < -0.3 is 25.6 Å². The summed E-state index contributed by atoms with van der Waals surface area (Å²) in [7, 11) is 0. The fraction of sp³-hybridized carbons (Fsp3) is 0.217. The smallest absolute Gasteiger partial charge is 0.411 e. The van der Waals surface area contributed by atoms with E-state index >= 15 is 52.7 Å². The third-order valence-corrected chi connectivity index (χ3v) is 12.1. The van der Waals surface area contributed by atoms with Gasteiger partial charge in [-0.3, -0.25) is 9.59 Å². The van der Waals surface area contributed by atoms with Gasteiger partial charge in [0.05, 0.1) is 33.4 Å². The molecular weight excluding hydrogens is 1070 g/mol. The number of carbonyl (C=O) groups is 6. The van der Waals surface area contributed by atoms with Gasteiger partial charge in [-0.15, -0.1) is 0 Å². The van der Waals surface area contributed by atoms with Gasteiger partial charge in [0.15, 0.2) is 5.41 Å². The molecule has 398 valence electrons. The van der Waals surface area contributed by atoms with Crippen LogP contribution in [0.15, 0.2) is 103 Å². The van der Waals surface area contributed by atoms with E-state index in [0.29, 0.717) is 30.3 Å². The van der Waals surface area contributed by atoms with Gasteiger partial charge in [-0.1, -0.05) is 42.5 Å². The lowest BCUT2D eigenvalue weighted by Crippen LogP contribution is -2.55. The Bertz CT molecular complexity index is 3110. The van der Waals surface area contributed by atoms with Crippen molar-refractivity contribution in [1.29, 1.82) is 0 Å². The third-order valence-electron chi connectivity index (χ3n) is 12.1. The summed E-state index contributed by atoms with van der Waals surface area (Å²) in [5, 5.41) is 22.8. The highest BCUT2D eigenvalue weighted by Crippen LogP contribution is 2.59. The van der Waals surface area contributed by atoms with Crippen molar-refractivity contribution in [3.05, 3.63) is 164 Å². The van der Waals surface area contributed by atoms with Crippen molar-refractivity contribution in [2.45, 2.75) is 60.2 Å². The van der Waals surface area contributed by atoms with E-state index in [9.17, 15) is 65.3 Å². The molecule has 75 heavy (non-hydrogen) atoms. The first-order valence-corrected chi connectivity index (χ1v) is 20.1. The van der Waals surface area contributed by atoms with Gasteiger partial charge in [0, 0.05) is 11.4 Å². The van der Waals surface area contributed by atoms with E-state index in [1.54, 1.807) is 10.6 Å². The maximum atomic E-state index is 15.0. The molecule has 0 aromatic heterocycles. The van der Waals surface area contributed by atoms with Crippen molar-refractivity contribution in [2.24, 2.45) is 0 Å². The van der Waals surface area contributed by atoms with Crippen molar-refractivity contribution in [3.63, 3.8) is 0 Å². The maximum absolute atomic E-state index is 15.0. The van der Waals surface area contributed by atoms with Gasteiger partial charge >= 0.3 is 60.9 Å². The largest absolute Gasteiger partial charge is 0.478 e. The van der Waals surface area contributed by atoms with Crippen LogP contribution < -0.4 is 10.6 Å². The number of halogens is 18. The summed E-state index contributed by atoms with van der Waals surface area (Å²) >= 11 is 0. The molecule has 1 aliphatic rings. The number of nitrogens with one attached hydrogen (secondary N) is 2. The monoisotopic (exact) mass is 1090 g/mol. The Hall–Kier alpha value is -8.14. The van der Waals surface area contributed by atoms with Crippen molar-refractivity contribution in [1.82, 2.24) is 0 Å². The summed E-state index contributed by atoms with van der Waals surface area (Å²) in [4.78, 5) is 74.7. The second kappa shape index (κ2) is 18.4. The van der Waals surface area contributed by atoms with Crippen LogP contribution >= 0.6 is 0 Å². The zero-order valence-corrected chi connectivity index (χ0v) is 36.4. The predicted octanol–water partition coefficient (Wildman–Crippen LogP) is 12.1. The van der Waals surface area contributed by atoms with E-state index < -0.39 is 162 Å². The SMILES string of the molecule is CC(c1ccc(C(=O)O)c(C(=O)Nc2ccc(C(c3ccc(NC(=O)c4cc(C(c5ccc6c(c5)C(=O)OC6=O)(C(F)(F)F)C(F)(F)F)ccc4C(=O)O)cc3)(C(F)(F)F)C(F)(F)F)cc2)c1)(C(F)(F)F)C(F)(F)F. The number of fused-ring (bicyclic) bond motifs is 1. The minimum atomic E-state index is -6.47. The summed E-state index contributed by atoms with van der Waals surface area (Å²) in [5.41, 5.74) is -32.7. The Labute approximate surface area is 404 Å². The highest BCUT2D eigenvalue weighted by molar-refractivity contribution is 6.15. The molecule has 1 aliphatic heterocycles. The molecule has 6 rings (SSSR count). The Kier molecular flexibility index (Phi) is 13.7. The lowest BCUT2D eigenvalue weighted by molar-refractivity contribution is -0.297. The molecular formula is C46H24F18N2O9. The molecule has 0 aliphatic carbocycles. The highest BCUT2D eigenvalue weighted by Gasteiger charge is 2.74. The van der Waals surface area contributed by atoms with Crippen molar-refractivity contribution in [2.75, 3.05) is 10.6 Å². The van der Waals surface area contributed by atoms with Gasteiger partial charge in [0.1, 0.15) is 0 Å². The van der Waals surface area contributed by atoms with Gasteiger partial charge in [-0.2, -0.15) is 79.0 Å². The molecule has 0 bridgehead atoms. The van der Waals surface area contributed by atoms with Crippen LogP contribution in [0.4, 0.5) is 90.4 Å². The molecule has 5 aromatic carbocycles. The minimum Gasteiger partial charge on any atom is -0.478 e. The summed E-state index contributed by atoms with van der Waals surface area (Å²) in [6.45, 7) is -0.332. The van der Waals surface area contributed by atoms with Crippen LogP contribution in [0, 0.1) is 0 Å². The van der Waals surface area contributed by atoms with Crippen LogP contribution in [-0.4, -0.2) is 83.0 Å². The summed E-state index contributed by atoms with van der Waals surface area (Å²) in [5.74, 6) is -11.0. The Balaban J connectivity index is 1.38. The van der Waals surface area contributed by atoms with Crippen LogP contribution in [0.5, 0.6) is 0 Å². The number of hydrogen-bond donors (Lipinski definition) is 4. The van der Waals surface area contributed by atoms with Gasteiger partial charge in [0.2, 0.25) is 10.8 Å². The average Bonchev–Trinajstić information content (AvgIpc) is 3.55. The van der Waals surface area contributed by atoms with Gasteiger partial charge in [0.25, 0.3) is 11.8 Å². The number of ether oxygens (including phenoxy) is 1. The van der Waals surface area contributed by atoms with E-state index in [1.807, 2.05) is 0 Å². The third kappa shape index (κ3) is 9.20. The molecule has 4 N–H and O–H groups in total. The van der Waals surface area contributed by atoms with Crippen LogP contribution in [0.2, 0.25) is 0 Å². The molecule has 2 amide bonds.